The highest BCUT2D eigenvalue weighted by molar-refractivity contribution is 8.00. The van der Waals surface area contributed by atoms with Crippen molar-refractivity contribution in [3.8, 4) is 0 Å². The zero-order valence-electron chi connectivity index (χ0n) is 16.7. The summed E-state index contributed by atoms with van der Waals surface area (Å²) < 4.78 is 6.40. The Kier molecular flexibility index (Phi) is 7.58. The molecule has 2 heterocycles. The Morgan fingerprint density at radius 1 is 1.17 bits per heavy atom. The maximum Gasteiger partial charge on any atom is 0.248 e. The number of nitrogens with zero attached hydrogens (tertiary/aromatic N) is 1. The fourth-order valence-electron chi connectivity index (χ4n) is 3.81. The molecule has 2 aromatic rings. The van der Waals surface area contributed by atoms with Crippen molar-refractivity contribution in [3.63, 3.8) is 0 Å². The molecule has 2 atom stereocenters. The summed E-state index contributed by atoms with van der Waals surface area (Å²) in [5, 5.41) is 0.322. The predicted molar refractivity (Wildman–Crippen MR) is 129 cm³/mol. The van der Waals surface area contributed by atoms with Crippen molar-refractivity contribution in [2.75, 3.05) is 5.75 Å². The zero-order valence-corrected chi connectivity index (χ0v) is 19.1. The number of amides is 1. The SMILES string of the molecule is CCCC1=C(C(=S)OC(c2ccccc2)c2ccccc2)N2C(=O)C(N)[C@H]2SC1.Cl. The van der Waals surface area contributed by atoms with Crippen LogP contribution in [0.25, 0.3) is 0 Å². The molecule has 2 aliphatic heterocycles. The van der Waals surface area contributed by atoms with Crippen LogP contribution in [0.1, 0.15) is 37.0 Å². The van der Waals surface area contributed by atoms with Crippen LogP contribution in [0.5, 0.6) is 0 Å². The fourth-order valence-corrected chi connectivity index (χ4v) is 5.48. The number of hydrogen-bond acceptors (Lipinski definition) is 5. The summed E-state index contributed by atoms with van der Waals surface area (Å²) in [5.74, 6) is 0.753. The first-order valence-corrected chi connectivity index (χ1v) is 11.3. The molecule has 0 bridgehead atoms. The second-order valence-corrected chi connectivity index (χ2v) is 8.72. The first kappa shape index (κ1) is 22.8. The minimum absolute atomic E-state index is 0. The average molecular weight is 461 g/mol. The number of thiocarbonyl (C=S) groups is 1. The second-order valence-electron chi connectivity index (χ2n) is 7.24. The van der Waals surface area contributed by atoms with Gasteiger partial charge in [0.1, 0.15) is 17.5 Å². The lowest BCUT2D eigenvalue weighted by Crippen LogP contribution is -2.68. The summed E-state index contributed by atoms with van der Waals surface area (Å²) in [5.41, 5.74) is 9.99. The van der Waals surface area contributed by atoms with Crippen LogP contribution in [0.4, 0.5) is 0 Å². The number of hydrogen-bond donors (Lipinski definition) is 1. The Bertz CT molecular complexity index is 897. The zero-order chi connectivity index (χ0) is 20.4. The van der Waals surface area contributed by atoms with Crippen LogP contribution >= 0.6 is 36.4 Å². The molecule has 0 aromatic heterocycles. The van der Waals surface area contributed by atoms with Crippen molar-refractivity contribution in [2.24, 2.45) is 5.73 Å². The van der Waals surface area contributed by atoms with E-state index in [0.29, 0.717) is 5.05 Å². The molecule has 0 aliphatic carbocycles. The first-order chi connectivity index (χ1) is 14.1. The number of ether oxygens (including phenoxy) is 1. The molecule has 2 aliphatic rings. The van der Waals surface area contributed by atoms with Crippen LogP contribution in [0, 0.1) is 0 Å². The number of thioether (sulfide) groups is 1. The Hall–Kier alpha value is -1.86. The number of carbonyl (C=O) groups is 1. The molecule has 1 fully saturated rings. The summed E-state index contributed by atoms with van der Waals surface area (Å²) in [6.45, 7) is 2.13. The molecular formula is C23H25ClN2O2S2. The molecule has 0 saturated carbocycles. The van der Waals surface area contributed by atoms with Crippen LogP contribution in [-0.4, -0.2) is 33.0 Å². The van der Waals surface area contributed by atoms with Crippen molar-refractivity contribution in [1.29, 1.82) is 0 Å². The molecule has 2 aromatic carbocycles. The molecule has 30 heavy (non-hydrogen) atoms. The molecule has 2 N–H and O–H groups in total. The maximum absolute atomic E-state index is 12.5. The van der Waals surface area contributed by atoms with Crippen LogP contribution < -0.4 is 5.73 Å². The van der Waals surface area contributed by atoms with Gasteiger partial charge in [0.05, 0.1) is 5.70 Å². The molecule has 0 radical (unpaired) electrons. The van der Waals surface area contributed by atoms with E-state index in [9.17, 15) is 4.79 Å². The summed E-state index contributed by atoms with van der Waals surface area (Å²) >= 11 is 7.49. The highest BCUT2D eigenvalue weighted by Gasteiger charge is 2.51. The predicted octanol–water partition coefficient (Wildman–Crippen LogP) is 4.84. The van der Waals surface area contributed by atoms with E-state index in [2.05, 4.69) is 6.92 Å². The molecule has 7 heteroatoms. The third-order valence-corrected chi connectivity index (χ3v) is 6.91. The topological polar surface area (TPSA) is 55.6 Å². The highest BCUT2D eigenvalue weighted by atomic mass is 35.5. The quantitative estimate of drug-likeness (QED) is 0.493. The molecule has 1 unspecified atom stereocenters. The van der Waals surface area contributed by atoms with E-state index in [1.165, 1.54) is 5.57 Å². The third-order valence-electron chi connectivity index (χ3n) is 5.26. The number of halogens is 1. The van der Waals surface area contributed by atoms with Crippen molar-refractivity contribution in [1.82, 2.24) is 4.90 Å². The highest BCUT2D eigenvalue weighted by Crippen LogP contribution is 2.42. The van der Waals surface area contributed by atoms with E-state index in [-0.39, 0.29) is 29.8 Å². The lowest BCUT2D eigenvalue weighted by Gasteiger charge is -2.49. The van der Waals surface area contributed by atoms with E-state index in [4.69, 9.17) is 22.7 Å². The summed E-state index contributed by atoms with van der Waals surface area (Å²) in [6, 6.07) is 19.6. The maximum atomic E-state index is 12.5. The summed E-state index contributed by atoms with van der Waals surface area (Å²) in [6.07, 6.45) is 1.54. The molecule has 4 rings (SSSR count). The van der Waals surface area contributed by atoms with Gasteiger partial charge in [0.2, 0.25) is 11.0 Å². The number of nitrogens with two attached hydrogens (primary N) is 1. The Morgan fingerprint density at radius 2 is 1.73 bits per heavy atom. The number of carbonyl (C=O) groups excluding carboxylic acids is 1. The molecule has 1 amide bonds. The van der Waals surface area contributed by atoms with Gasteiger partial charge in [-0.25, -0.2) is 0 Å². The van der Waals surface area contributed by atoms with E-state index < -0.39 is 6.04 Å². The van der Waals surface area contributed by atoms with Gasteiger partial charge in [0, 0.05) is 5.75 Å². The van der Waals surface area contributed by atoms with Gasteiger partial charge in [0.15, 0.2) is 0 Å². The Morgan fingerprint density at radius 3 is 2.27 bits per heavy atom. The fraction of sp³-hybridized carbons (Fsp3) is 0.304. The molecule has 4 nitrogen and oxygen atoms in total. The first-order valence-electron chi connectivity index (χ1n) is 9.85. The van der Waals surface area contributed by atoms with Crippen molar-refractivity contribution < 1.29 is 9.53 Å². The van der Waals surface area contributed by atoms with Crippen molar-refractivity contribution in [2.45, 2.75) is 37.3 Å². The van der Waals surface area contributed by atoms with E-state index in [0.717, 1.165) is 35.4 Å². The van der Waals surface area contributed by atoms with Gasteiger partial charge < -0.3 is 10.5 Å². The van der Waals surface area contributed by atoms with Gasteiger partial charge in [-0.2, -0.15) is 0 Å². The van der Waals surface area contributed by atoms with Gasteiger partial charge in [-0.05, 0) is 35.3 Å². The summed E-state index contributed by atoms with van der Waals surface area (Å²) in [7, 11) is 0. The Balaban J connectivity index is 0.00000256. The smallest absolute Gasteiger partial charge is 0.248 e. The Labute approximate surface area is 193 Å². The standard InChI is InChI=1S/C23H24N2O2S2.ClH/c1-2-9-17-14-29-22-18(24)21(26)25(22)19(17)23(28)27-20(15-10-5-3-6-11-15)16-12-7-4-8-13-16;/h3-8,10-13,18,20,22H,2,9,14,24H2,1H3;1H/t18?,22-;/m1./s1. The minimum atomic E-state index is -0.458. The monoisotopic (exact) mass is 460 g/mol. The third kappa shape index (κ3) is 4.28. The number of β-lactam (4-membered cyclic amide) rings is 1. The second kappa shape index (κ2) is 9.96. The number of fused-ring (bicyclic) bond motifs is 1. The number of benzene rings is 2. The van der Waals surface area contributed by atoms with E-state index in [1.54, 1.807) is 16.7 Å². The van der Waals surface area contributed by atoms with Crippen LogP contribution in [0.3, 0.4) is 0 Å². The van der Waals surface area contributed by atoms with E-state index in [1.807, 2.05) is 60.7 Å². The number of rotatable bonds is 6. The largest absolute Gasteiger partial charge is 0.469 e. The van der Waals surface area contributed by atoms with Gasteiger partial charge in [-0.15, -0.1) is 24.2 Å². The van der Waals surface area contributed by atoms with Gasteiger partial charge >= 0.3 is 0 Å². The normalized spacial score (nSPS) is 20.4. The van der Waals surface area contributed by atoms with Crippen LogP contribution in [0.15, 0.2) is 71.9 Å². The summed E-state index contributed by atoms with van der Waals surface area (Å²) in [4.78, 5) is 14.3. The molecular weight excluding hydrogens is 436 g/mol. The van der Waals surface area contributed by atoms with Gasteiger partial charge in [0.25, 0.3) is 0 Å². The van der Waals surface area contributed by atoms with Crippen molar-refractivity contribution >= 4 is 47.3 Å². The lowest BCUT2D eigenvalue weighted by atomic mass is 10.0. The lowest BCUT2D eigenvalue weighted by molar-refractivity contribution is -0.140. The van der Waals surface area contributed by atoms with Crippen molar-refractivity contribution in [3.05, 3.63) is 83.1 Å². The van der Waals surface area contributed by atoms with Gasteiger partial charge in [-0.3, -0.25) is 9.69 Å². The minimum Gasteiger partial charge on any atom is -0.469 e. The molecule has 158 valence electrons. The van der Waals surface area contributed by atoms with Crippen LogP contribution in [-0.2, 0) is 9.53 Å². The van der Waals surface area contributed by atoms with Crippen LogP contribution in [0.2, 0.25) is 0 Å². The molecule has 1 saturated heterocycles. The molecule has 0 spiro atoms. The van der Waals surface area contributed by atoms with E-state index >= 15 is 0 Å². The van der Waals surface area contributed by atoms with Gasteiger partial charge in [-0.1, -0.05) is 74.0 Å². The average Bonchev–Trinajstić information content (AvgIpc) is 2.77.